The molecule has 1 atom stereocenters. The van der Waals surface area contributed by atoms with E-state index in [-0.39, 0.29) is 23.3 Å². The monoisotopic (exact) mass is 350 g/mol. The molecule has 2 aromatic carbocycles. The quantitative estimate of drug-likeness (QED) is 0.869. The molecule has 2 rings (SSSR count). The predicted molar refractivity (Wildman–Crippen MR) is 89.2 cm³/mol. The maximum Gasteiger partial charge on any atom is 0.243 e. The molecule has 0 spiro atoms. The number of hydrogen-bond acceptors (Lipinski definition) is 3. The van der Waals surface area contributed by atoms with E-state index in [0.29, 0.717) is 0 Å². The zero-order chi connectivity index (χ0) is 17.7. The summed E-state index contributed by atoms with van der Waals surface area (Å²) in [6, 6.07) is 13.3. The molecule has 0 heterocycles. The number of nitrogens with one attached hydrogen (secondary N) is 1. The van der Waals surface area contributed by atoms with Gasteiger partial charge in [0.1, 0.15) is 5.82 Å². The fourth-order valence-electron chi connectivity index (χ4n) is 2.18. The largest absolute Gasteiger partial charge is 0.348 e. The van der Waals surface area contributed by atoms with E-state index < -0.39 is 15.9 Å². The first-order valence-corrected chi connectivity index (χ1v) is 8.81. The third-order valence-electron chi connectivity index (χ3n) is 3.57. The van der Waals surface area contributed by atoms with Crippen molar-refractivity contribution >= 4 is 15.9 Å². The number of likely N-dealkylation sites (N-methyl/N-ethyl adjacent to an activating group) is 1. The van der Waals surface area contributed by atoms with Gasteiger partial charge < -0.3 is 5.32 Å². The van der Waals surface area contributed by atoms with Gasteiger partial charge in [0.2, 0.25) is 15.9 Å². The molecule has 0 fully saturated rings. The van der Waals surface area contributed by atoms with Gasteiger partial charge >= 0.3 is 0 Å². The Kier molecular flexibility index (Phi) is 5.69. The maximum absolute atomic E-state index is 12.9. The molecule has 5 nitrogen and oxygen atoms in total. The molecule has 0 aliphatic heterocycles. The third kappa shape index (κ3) is 4.39. The summed E-state index contributed by atoms with van der Waals surface area (Å²) >= 11 is 0. The number of carbonyl (C=O) groups is 1. The van der Waals surface area contributed by atoms with Crippen LogP contribution in [0, 0.1) is 5.82 Å². The lowest BCUT2D eigenvalue weighted by Crippen LogP contribution is -2.39. The van der Waals surface area contributed by atoms with E-state index in [2.05, 4.69) is 5.32 Å². The van der Waals surface area contributed by atoms with E-state index in [1.54, 1.807) is 37.3 Å². The highest BCUT2D eigenvalue weighted by Gasteiger charge is 2.23. The Bertz CT molecular complexity index is 792. The number of rotatable bonds is 6. The lowest BCUT2D eigenvalue weighted by atomic mass is 10.1. The summed E-state index contributed by atoms with van der Waals surface area (Å²) in [6.07, 6.45) is 0. The van der Waals surface area contributed by atoms with Crippen LogP contribution in [0.15, 0.2) is 59.5 Å². The molecule has 0 saturated carbocycles. The molecule has 1 unspecified atom stereocenters. The van der Waals surface area contributed by atoms with Gasteiger partial charge in [-0.3, -0.25) is 4.79 Å². The SMILES string of the molecule is CC(NC(=O)CN(C)S(=O)(=O)c1ccccc1)c1ccc(F)cc1. The number of carbonyl (C=O) groups excluding carboxylic acids is 1. The van der Waals surface area contributed by atoms with Crippen molar-refractivity contribution in [1.82, 2.24) is 9.62 Å². The minimum atomic E-state index is -3.72. The van der Waals surface area contributed by atoms with E-state index in [1.807, 2.05) is 0 Å². The van der Waals surface area contributed by atoms with Crippen molar-refractivity contribution < 1.29 is 17.6 Å². The highest BCUT2D eigenvalue weighted by Crippen LogP contribution is 2.15. The average Bonchev–Trinajstić information content (AvgIpc) is 2.56. The Balaban J connectivity index is 2.00. The first kappa shape index (κ1) is 18.1. The highest BCUT2D eigenvalue weighted by atomic mass is 32.2. The average molecular weight is 350 g/mol. The van der Waals surface area contributed by atoms with Crippen molar-refractivity contribution in [3.05, 3.63) is 66.0 Å². The normalized spacial score (nSPS) is 12.8. The number of nitrogens with zero attached hydrogens (tertiary/aromatic N) is 1. The Morgan fingerprint density at radius 1 is 1.12 bits per heavy atom. The van der Waals surface area contributed by atoms with Crippen molar-refractivity contribution in [2.24, 2.45) is 0 Å². The smallest absolute Gasteiger partial charge is 0.243 e. The van der Waals surface area contributed by atoms with Crippen LogP contribution < -0.4 is 5.32 Å². The van der Waals surface area contributed by atoms with Crippen LogP contribution >= 0.6 is 0 Å². The van der Waals surface area contributed by atoms with Crippen LogP contribution in [-0.2, 0) is 14.8 Å². The summed E-state index contributed by atoms with van der Waals surface area (Å²) in [7, 11) is -2.37. The van der Waals surface area contributed by atoms with Crippen LogP contribution in [0.1, 0.15) is 18.5 Å². The van der Waals surface area contributed by atoms with Crippen molar-refractivity contribution in [3.8, 4) is 0 Å². The van der Waals surface area contributed by atoms with Crippen molar-refractivity contribution in [1.29, 1.82) is 0 Å². The number of hydrogen-bond donors (Lipinski definition) is 1. The summed E-state index contributed by atoms with van der Waals surface area (Å²) in [5.41, 5.74) is 0.735. The van der Waals surface area contributed by atoms with Gasteiger partial charge in [0.25, 0.3) is 0 Å². The van der Waals surface area contributed by atoms with Crippen molar-refractivity contribution in [2.75, 3.05) is 13.6 Å². The molecular formula is C17H19FN2O3S. The Morgan fingerprint density at radius 3 is 2.29 bits per heavy atom. The van der Waals surface area contributed by atoms with Gasteiger partial charge in [-0.1, -0.05) is 30.3 Å². The minimum absolute atomic E-state index is 0.131. The fraction of sp³-hybridized carbons (Fsp3) is 0.235. The van der Waals surface area contributed by atoms with Gasteiger partial charge in [-0.15, -0.1) is 0 Å². The van der Waals surface area contributed by atoms with Crippen molar-refractivity contribution in [2.45, 2.75) is 17.9 Å². The molecule has 0 aliphatic carbocycles. The van der Waals surface area contributed by atoms with Crippen LogP contribution in [0.5, 0.6) is 0 Å². The summed E-state index contributed by atoms with van der Waals surface area (Å²) in [4.78, 5) is 12.2. The molecule has 1 N–H and O–H groups in total. The topological polar surface area (TPSA) is 66.5 Å². The second-order valence-electron chi connectivity index (χ2n) is 5.41. The molecular weight excluding hydrogens is 331 g/mol. The minimum Gasteiger partial charge on any atom is -0.348 e. The van der Waals surface area contributed by atoms with Gasteiger partial charge in [0.05, 0.1) is 17.5 Å². The highest BCUT2D eigenvalue weighted by molar-refractivity contribution is 7.89. The van der Waals surface area contributed by atoms with Gasteiger partial charge in [-0.2, -0.15) is 4.31 Å². The number of benzene rings is 2. The van der Waals surface area contributed by atoms with E-state index in [1.165, 1.54) is 31.3 Å². The van der Waals surface area contributed by atoms with Crippen LogP contribution in [0.4, 0.5) is 4.39 Å². The van der Waals surface area contributed by atoms with Gasteiger partial charge in [-0.25, -0.2) is 12.8 Å². The van der Waals surface area contributed by atoms with Gasteiger partial charge in [-0.05, 0) is 36.8 Å². The van der Waals surface area contributed by atoms with Crippen molar-refractivity contribution in [3.63, 3.8) is 0 Å². The van der Waals surface area contributed by atoms with Gasteiger partial charge in [0, 0.05) is 7.05 Å². The lowest BCUT2D eigenvalue weighted by Gasteiger charge is -2.19. The van der Waals surface area contributed by atoms with E-state index in [9.17, 15) is 17.6 Å². The van der Waals surface area contributed by atoms with E-state index >= 15 is 0 Å². The zero-order valence-corrected chi connectivity index (χ0v) is 14.3. The first-order valence-electron chi connectivity index (χ1n) is 7.37. The lowest BCUT2D eigenvalue weighted by molar-refractivity contribution is -0.121. The number of amides is 1. The van der Waals surface area contributed by atoms with E-state index in [4.69, 9.17) is 0 Å². The molecule has 0 aliphatic rings. The number of halogens is 1. The molecule has 0 aromatic heterocycles. The van der Waals surface area contributed by atoms with Crippen LogP contribution in [-0.4, -0.2) is 32.2 Å². The molecule has 7 heteroatoms. The molecule has 2 aromatic rings. The number of sulfonamides is 1. The second kappa shape index (κ2) is 7.55. The molecule has 1 amide bonds. The Hall–Kier alpha value is -2.25. The van der Waals surface area contributed by atoms with Crippen LogP contribution in [0.2, 0.25) is 0 Å². The Morgan fingerprint density at radius 2 is 1.71 bits per heavy atom. The maximum atomic E-state index is 12.9. The predicted octanol–water partition coefficient (Wildman–Crippen LogP) is 2.32. The summed E-state index contributed by atoms with van der Waals surface area (Å²) in [5.74, 6) is -0.792. The summed E-state index contributed by atoms with van der Waals surface area (Å²) in [6.45, 7) is 1.44. The molecule has 0 saturated heterocycles. The third-order valence-corrected chi connectivity index (χ3v) is 5.38. The first-order chi connectivity index (χ1) is 11.3. The fourth-order valence-corrected chi connectivity index (χ4v) is 3.33. The zero-order valence-electron chi connectivity index (χ0n) is 13.4. The van der Waals surface area contributed by atoms with E-state index in [0.717, 1.165) is 9.87 Å². The van der Waals surface area contributed by atoms with Gasteiger partial charge in [0.15, 0.2) is 0 Å². The van der Waals surface area contributed by atoms with Crippen LogP contribution in [0.3, 0.4) is 0 Å². The molecule has 0 radical (unpaired) electrons. The summed E-state index contributed by atoms with van der Waals surface area (Å²) in [5, 5.41) is 2.70. The molecule has 128 valence electrons. The standard InChI is InChI=1S/C17H19FN2O3S/c1-13(14-8-10-15(18)11-9-14)19-17(21)12-20(2)24(22,23)16-6-4-3-5-7-16/h3-11,13H,12H2,1-2H3,(H,19,21). The molecule has 24 heavy (non-hydrogen) atoms. The second-order valence-corrected chi connectivity index (χ2v) is 7.46. The Labute approximate surface area is 141 Å². The van der Waals surface area contributed by atoms with Crippen LogP contribution in [0.25, 0.3) is 0 Å². The molecule has 0 bridgehead atoms. The summed E-state index contributed by atoms with van der Waals surface area (Å²) < 4.78 is 38.6.